The summed E-state index contributed by atoms with van der Waals surface area (Å²) in [5, 5.41) is 22.8. The van der Waals surface area contributed by atoms with E-state index in [1.54, 1.807) is 22.7 Å². The molecule has 0 spiro atoms. The molecule has 3 aromatic rings. The molecule has 3 heterocycles. The first kappa shape index (κ1) is 10.7. The molecule has 0 aromatic carbocycles. The Morgan fingerprint density at radius 2 is 2.33 bits per heavy atom. The van der Waals surface area contributed by atoms with Crippen LogP contribution in [0.5, 0.6) is 0 Å². The number of hydrogen-bond acceptors (Lipinski definition) is 5. The lowest BCUT2D eigenvalue weighted by Gasteiger charge is -1.97. The molecule has 0 amide bonds. The van der Waals surface area contributed by atoms with Gasteiger partial charge in [-0.15, -0.1) is 10.2 Å². The number of H-pyrrole nitrogens is 1. The van der Waals surface area contributed by atoms with Crippen LogP contribution in [0.1, 0.15) is 10.5 Å². The van der Waals surface area contributed by atoms with Crippen molar-refractivity contribution in [3.05, 3.63) is 29.0 Å². The molecular weight excluding hydrogens is 260 g/mol. The number of aromatic nitrogens is 6. The highest BCUT2D eigenvalue weighted by Gasteiger charge is 2.22. The Hall–Kier alpha value is -2.48. The number of nitrogens with one attached hydrogen (secondary N) is 1. The van der Waals surface area contributed by atoms with Crippen molar-refractivity contribution in [2.75, 3.05) is 0 Å². The molecule has 0 saturated carbocycles. The average molecular weight is 265 g/mol. The minimum atomic E-state index is -1.17. The van der Waals surface area contributed by atoms with Gasteiger partial charge in [0.15, 0.2) is 5.69 Å². The van der Waals surface area contributed by atoms with Gasteiger partial charge in [0, 0.05) is 17.3 Å². The molecule has 0 aliphatic rings. The van der Waals surface area contributed by atoms with Gasteiger partial charge in [-0.3, -0.25) is 4.40 Å². The number of fused-ring (bicyclic) bond motifs is 1. The Balaban J connectivity index is 2.39. The number of hydrogen-bond donors (Lipinski definition) is 2. The number of halogens is 1. The highest BCUT2D eigenvalue weighted by Crippen LogP contribution is 2.23. The van der Waals surface area contributed by atoms with Crippen molar-refractivity contribution in [2.45, 2.75) is 0 Å². The fourth-order valence-corrected chi connectivity index (χ4v) is 1.80. The third-order valence-electron chi connectivity index (χ3n) is 2.35. The van der Waals surface area contributed by atoms with Crippen LogP contribution in [0.4, 0.5) is 0 Å². The first-order valence-electron chi connectivity index (χ1n) is 4.81. The zero-order valence-electron chi connectivity index (χ0n) is 8.70. The van der Waals surface area contributed by atoms with E-state index >= 15 is 0 Å². The van der Waals surface area contributed by atoms with Crippen LogP contribution in [0, 0.1) is 0 Å². The van der Waals surface area contributed by atoms with E-state index < -0.39 is 5.97 Å². The highest BCUT2D eigenvalue weighted by molar-refractivity contribution is 6.30. The second-order valence-electron chi connectivity index (χ2n) is 3.42. The van der Waals surface area contributed by atoms with E-state index in [2.05, 4.69) is 25.6 Å². The zero-order valence-corrected chi connectivity index (χ0v) is 9.46. The predicted octanol–water partition coefficient (Wildman–Crippen LogP) is 0.866. The Labute approximate surface area is 104 Å². The van der Waals surface area contributed by atoms with Crippen LogP contribution >= 0.6 is 11.6 Å². The van der Waals surface area contributed by atoms with Gasteiger partial charge in [-0.25, -0.2) is 9.78 Å². The van der Waals surface area contributed by atoms with E-state index in [9.17, 15) is 4.79 Å². The molecule has 8 nitrogen and oxygen atoms in total. The third-order valence-corrected chi connectivity index (χ3v) is 2.58. The van der Waals surface area contributed by atoms with Crippen molar-refractivity contribution in [2.24, 2.45) is 0 Å². The molecule has 0 radical (unpaired) electrons. The van der Waals surface area contributed by atoms with Gasteiger partial charge in [-0.05, 0) is 11.3 Å². The number of carboxylic acids is 1. The van der Waals surface area contributed by atoms with Crippen molar-refractivity contribution in [3.63, 3.8) is 0 Å². The summed E-state index contributed by atoms with van der Waals surface area (Å²) < 4.78 is 1.54. The molecule has 0 fully saturated rings. The number of aromatic carboxylic acids is 1. The summed E-state index contributed by atoms with van der Waals surface area (Å²) >= 11 is 5.83. The van der Waals surface area contributed by atoms with E-state index in [0.717, 1.165) is 0 Å². The summed E-state index contributed by atoms with van der Waals surface area (Å²) in [6.45, 7) is 0. The Morgan fingerprint density at radius 3 is 3.00 bits per heavy atom. The summed E-state index contributed by atoms with van der Waals surface area (Å²) in [5.41, 5.74) is 0.501. The van der Waals surface area contributed by atoms with Crippen molar-refractivity contribution >= 4 is 23.2 Å². The van der Waals surface area contributed by atoms with Gasteiger partial charge < -0.3 is 5.11 Å². The van der Waals surface area contributed by atoms with Gasteiger partial charge in [0.25, 0.3) is 0 Å². The van der Waals surface area contributed by atoms with Gasteiger partial charge in [0.1, 0.15) is 11.3 Å². The zero-order chi connectivity index (χ0) is 12.7. The van der Waals surface area contributed by atoms with Crippen LogP contribution < -0.4 is 0 Å². The average Bonchev–Trinajstić information content (AvgIpc) is 2.92. The van der Waals surface area contributed by atoms with Gasteiger partial charge in [-0.2, -0.15) is 5.21 Å². The smallest absolute Gasteiger partial charge is 0.356 e. The quantitative estimate of drug-likeness (QED) is 0.711. The van der Waals surface area contributed by atoms with Crippen molar-refractivity contribution in [1.29, 1.82) is 0 Å². The first-order valence-corrected chi connectivity index (χ1v) is 5.19. The van der Waals surface area contributed by atoms with Gasteiger partial charge >= 0.3 is 5.97 Å². The standard InChI is InChI=1S/C9H5ClN6O2/c10-4-1-2-16-5(3-4)11-6(9(17)18)7(16)8-12-14-15-13-8/h1-3H,(H,17,18)(H,12,13,14,15). The number of tetrazole rings is 1. The predicted molar refractivity (Wildman–Crippen MR) is 60.3 cm³/mol. The number of carboxylic acid groups (broad SMARTS) is 1. The maximum absolute atomic E-state index is 11.2. The lowest BCUT2D eigenvalue weighted by Crippen LogP contribution is -2.01. The van der Waals surface area contributed by atoms with Crippen LogP contribution in [0.25, 0.3) is 17.2 Å². The molecule has 2 N–H and O–H groups in total. The number of pyridine rings is 1. The van der Waals surface area contributed by atoms with Crippen molar-refractivity contribution < 1.29 is 9.90 Å². The second-order valence-corrected chi connectivity index (χ2v) is 3.86. The van der Waals surface area contributed by atoms with Crippen molar-refractivity contribution in [1.82, 2.24) is 30.0 Å². The maximum atomic E-state index is 11.2. The summed E-state index contributed by atoms with van der Waals surface area (Å²) in [6.07, 6.45) is 1.60. The van der Waals surface area contributed by atoms with E-state index in [1.807, 2.05) is 0 Å². The Kier molecular flexibility index (Phi) is 2.23. The van der Waals surface area contributed by atoms with E-state index in [-0.39, 0.29) is 17.2 Å². The lowest BCUT2D eigenvalue weighted by atomic mass is 10.3. The first-order chi connectivity index (χ1) is 8.66. The molecular formula is C9H5ClN6O2. The number of nitrogens with zero attached hydrogens (tertiary/aromatic N) is 5. The molecule has 3 rings (SSSR count). The van der Waals surface area contributed by atoms with Crippen molar-refractivity contribution in [3.8, 4) is 11.5 Å². The fourth-order valence-electron chi connectivity index (χ4n) is 1.64. The van der Waals surface area contributed by atoms with E-state index in [0.29, 0.717) is 10.7 Å². The maximum Gasteiger partial charge on any atom is 0.356 e. The van der Waals surface area contributed by atoms with Gasteiger partial charge in [0.2, 0.25) is 5.82 Å². The second kappa shape index (κ2) is 3.77. The van der Waals surface area contributed by atoms with Gasteiger partial charge in [0.05, 0.1) is 0 Å². The fraction of sp³-hybridized carbons (Fsp3) is 0. The molecule has 0 saturated heterocycles. The molecule has 0 unspecified atom stereocenters. The minimum absolute atomic E-state index is 0.154. The van der Waals surface area contributed by atoms with Crippen LogP contribution in [0.15, 0.2) is 18.3 Å². The monoisotopic (exact) mass is 264 g/mol. The number of rotatable bonds is 2. The molecule has 0 aliphatic heterocycles. The molecule has 0 bridgehead atoms. The van der Waals surface area contributed by atoms with Crippen LogP contribution in [-0.2, 0) is 0 Å². The number of imidazole rings is 1. The third kappa shape index (κ3) is 1.51. The highest BCUT2D eigenvalue weighted by atomic mass is 35.5. The minimum Gasteiger partial charge on any atom is -0.476 e. The molecule has 18 heavy (non-hydrogen) atoms. The molecule has 0 atom stereocenters. The summed E-state index contributed by atoms with van der Waals surface area (Å²) in [7, 11) is 0. The van der Waals surface area contributed by atoms with Gasteiger partial charge in [-0.1, -0.05) is 11.6 Å². The number of aromatic amines is 1. The SMILES string of the molecule is O=C(O)c1nc2cc(Cl)ccn2c1-c1nn[nH]n1. The molecule has 9 heteroatoms. The van der Waals surface area contributed by atoms with Crippen LogP contribution in [0.3, 0.4) is 0 Å². The summed E-state index contributed by atoms with van der Waals surface area (Å²) in [5.74, 6) is -1.02. The van der Waals surface area contributed by atoms with E-state index in [1.165, 1.54) is 0 Å². The van der Waals surface area contributed by atoms with E-state index in [4.69, 9.17) is 16.7 Å². The Morgan fingerprint density at radius 1 is 1.50 bits per heavy atom. The normalized spacial score (nSPS) is 10.9. The van der Waals surface area contributed by atoms with Crippen LogP contribution in [0.2, 0.25) is 5.02 Å². The molecule has 3 aromatic heterocycles. The Bertz CT molecular complexity index is 735. The van der Waals surface area contributed by atoms with Crippen LogP contribution in [-0.4, -0.2) is 41.1 Å². The topological polar surface area (TPSA) is 109 Å². The lowest BCUT2D eigenvalue weighted by molar-refractivity contribution is 0.0692. The molecule has 90 valence electrons. The number of carbonyl (C=O) groups is 1. The largest absolute Gasteiger partial charge is 0.476 e. The summed E-state index contributed by atoms with van der Waals surface area (Å²) in [4.78, 5) is 15.2. The molecule has 0 aliphatic carbocycles. The summed E-state index contributed by atoms with van der Waals surface area (Å²) in [6, 6.07) is 3.17.